The third-order valence-electron chi connectivity index (χ3n) is 7.95. The minimum absolute atomic E-state index is 0.103. The van der Waals surface area contributed by atoms with Gasteiger partial charge in [0.25, 0.3) is 0 Å². The number of amides is 1. The Balaban J connectivity index is 1.06. The molecular formula is C26H24FN9O2. The van der Waals surface area contributed by atoms with E-state index in [0.717, 1.165) is 42.0 Å². The molecule has 192 valence electrons. The van der Waals surface area contributed by atoms with E-state index in [-0.39, 0.29) is 23.6 Å². The molecule has 4 saturated carbocycles. The highest BCUT2D eigenvalue weighted by molar-refractivity contribution is 5.78. The number of halogens is 1. The molecule has 11 nitrogen and oxygen atoms in total. The summed E-state index contributed by atoms with van der Waals surface area (Å²) in [7, 11) is 0. The molecule has 3 N–H and O–H groups in total. The smallest absolute Gasteiger partial charge is 0.407 e. The zero-order valence-corrected chi connectivity index (χ0v) is 20.3. The lowest BCUT2D eigenvalue weighted by Gasteiger charge is -2.61. The summed E-state index contributed by atoms with van der Waals surface area (Å²) in [6.45, 7) is 0. The van der Waals surface area contributed by atoms with Crippen LogP contribution in [0.4, 0.5) is 21.0 Å². The molecule has 2 bridgehead atoms. The molecule has 0 spiro atoms. The first-order valence-corrected chi connectivity index (χ1v) is 12.6. The number of imidazole rings is 1. The SMILES string of the molecule is N#Cc1cn2c(Nc3cc([C@H]4C[C@@H](F)[C@@H](OC(=O)NC56CC(C5)C6)C4)[nH]n3)ncc(-c3cccnc3)c2n1. The van der Waals surface area contributed by atoms with Crippen LogP contribution >= 0.6 is 0 Å². The zero-order chi connectivity index (χ0) is 25.9. The van der Waals surface area contributed by atoms with Crippen molar-refractivity contribution in [1.29, 1.82) is 5.26 Å². The fourth-order valence-electron chi connectivity index (χ4n) is 5.91. The molecule has 4 aliphatic rings. The van der Waals surface area contributed by atoms with Crippen molar-refractivity contribution in [3.63, 3.8) is 0 Å². The van der Waals surface area contributed by atoms with E-state index < -0.39 is 18.4 Å². The van der Waals surface area contributed by atoms with Crippen LogP contribution in [0.3, 0.4) is 0 Å². The van der Waals surface area contributed by atoms with Gasteiger partial charge < -0.3 is 15.4 Å². The summed E-state index contributed by atoms with van der Waals surface area (Å²) >= 11 is 0. The number of H-pyrrole nitrogens is 1. The molecule has 38 heavy (non-hydrogen) atoms. The molecule has 0 radical (unpaired) electrons. The summed E-state index contributed by atoms with van der Waals surface area (Å²) < 4.78 is 21.9. The second-order valence-corrected chi connectivity index (χ2v) is 10.5. The minimum Gasteiger partial charge on any atom is -0.443 e. The van der Waals surface area contributed by atoms with Gasteiger partial charge in [0.2, 0.25) is 5.95 Å². The number of hydrogen-bond acceptors (Lipinski definition) is 8. The van der Waals surface area contributed by atoms with Crippen molar-refractivity contribution < 1.29 is 13.9 Å². The van der Waals surface area contributed by atoms with E-state index in [1.807, 2.05) is 12.1 Å². The first-order chi connectivity index (χ1) is 18.5. The van der Waals surface area contributed by atoms with E-state index in [0.29, 0.717) is 23.8 Å². The first-order valence-electron chi connectivity index (χ1n) is 12.6. The summed E-state index contributed by atoms with van der Waals surface area (Å²) in [4.78, 5) is 25.4. The van der Waals surface area contributed by atoms with Gasteiger partial charge in [-0.05, 0) is 44.1 Å². The van der Waals surface area contributed by atoms with Crippen LogP contribution in [0.15, 0.2) is 43.0 Å². The highest BCUT2D eigenvalue weighted by Crippen LogP contribution is 2.57. The summed E-state index contributed by atoms with van der Waals surface area (Å²) in [6.07, 6.45) is 7.73. The molecule has 8 rings (SSSR count). The molecular weight excluding hydrogens is 489 g/mol. The quantitative estimate of drug-likeness (QED) is 0.351. The lowest BCUT2D eigenvalue weighted by Crippen LogP contribution is -2.68. The fourth-order valence-corrected chi connectivity index (χ4v) is 5.91. The predicted octanol–water partition coefficient (Wildman–Crippen LogP) is 3.99. The third kappa shape index (κ3) is 3.82. The van der Waals surface area contributed by atoms with Crippen LogP contribution in [0.2, 0.25) is 0 Å². The van der Waals surface area contributed by atoms with E-state index in [2.05, 4.69) is 41.9 Å². The van der Waals surface area contributed by atoms with E-state index in [9.17, 15) is 14.4 Å². The maximum Gasteiger partial charge on any atom is 0.407 e. The maximum atomic E-state index is 14.8. The van der Waals surface area contributed by atoms with Crippen LogP contribution in [0, 0.1) is 17.2 Å². The average Bonchev–Trinajstić information content (AvgIpc) is 3.60. The Kier molecular flexibility index (Phi) is 5.07. The van der Waals surface area contributed by atoms with E-state index in [4.69, 9.17) is 4.74 Å². The van der Waals surface area contributed by atoms with Gasteiger partial charge in [0, 0.05) is 52.9 Å². The highest BCUT2D eigenvalue weighted by Gasteiger charge is 2.58. The van der Waals surface area contributed by atoms with Gasteiger partial charge in [0.1, 0.15) is 18.3 Å². The van der Waals surface area contributed by atoms with Crippen LogP contribution in [-0.2, 0) is 4.74 Å². The number of alkyl halides is 1. The Morgan fingerprint density at radius 2 is 2.16 bits per heavy atom. The van der Waals surface area contributed by atoms with Crippen LogP contribution in [0.5, 0.6) is 0 Å². The van der Waals surface area contributed by atoms with E-state index in [1.54, 1.807) is 35.3 Å². The van der Waals surface area contributed by atoms with Crippen LogP contribution in [0.25, 0.3) is 16.8 Å². The number of fused-ring (bicyclic) bond motifs is 1. The first kappa shape index (κ1) is 22.7. The van der Waals surface area contributed by atoms with E-state index >= 15 is 0 Å². The summed E-state index contributed by atoms with van der Waals surface area (Å²) in [5, 5.41) is 22.8. The Labute approximate surface area is 216 Å². The molecule has 4 aromatic heterocycles. The Morgan fingerprint density at radius 3 is 2.89 bits per heavy atom. The number of pyridine rings is 1. The second kappa shape index (κ2) is 8.51. The molecule has 3 atom stereocenters. The number of rotatable bonds is 6. The maximum absolute atomic E-state index is 14.8. The van der Waals surface area contributed by atoms with Gasteiger partial charge in [-0.25, -0.2) is 19.2 Å². The van der Waals surface area contributed by atoms with Crippen molar-refractivity contribution in [2.75, 3.05) is 5.32 Å². The van der Waals surface area contributed by atoms with Gasteiger partial charge in [0.05, 0.1) is 6.20 Å². The van der Waals surface area contributed by atoms with Crippen molar-refractivity contribution in [1.82, 2.24) is 34.9 Å². The van der Waals surface area contributed by atoms with Gasteiger partial charge >= 0.3 is 6.09 Å². The molecule has 12 heteroatoms. The third-order valence-corrected chi connectivity index (χ3v) is 7.95. The van der Waals surface area contributed by atoms with Crippen LogP contribution < -0.4 is 10.6 Å². The van der Waals surface area contributed by atoms with Gasteiger partial charge in [-0.3, -0.25) is 14.5 Å². The van der Waals surface area contributed by atoms with Crippen LogP contribution in [-0.4, -0.2) is 53.5 Å². The van der Waals surface area contributed by atoms with Gasteiger partial charge in [-0.2, -0.15) is 10.4 Å². The molecule has 0 saturated heterocycles. The molecule has 4 aliphatic carbocycles. The van der Waals surface area contributed by atoms with Crippen LogP contribution in [0.1, 0.15) is 49.4 Å². The Morgan fingerprint density at radius 1 is 1.29 bits per heavy atom. The summed E-state index contributed by atoms with van der Waals surface area (Å²) in [6, 6.07) is 7.58. The highest BCUT2D eigenvalue weighted by atomic mass is 19.1. The number of nitriles is 1. The van der Waals surface area contributed by atoms with Crippen molar-refractivity contribution in [2.45, 2.75) is 55.8 Å². The summed E-state index contributed by atoms with van der Waals surface area (Å²) in [5.74, 6) is 1.47. The second-order valence-electron chi connectivity index (χ2n) is 10.5. The molecule has 0 unspecified atom stereocenters. The number of hydrogen-bond donors (Lipinski definition) is 3. The molecule has 4 aromatic rings. The van der Waals surface area contributed by atoms with Crippen molar-refractivity contribution in [3.05, 3.63) is 54.4 Å². The number of ether oxygens (including phenoxy) is 1. The molecule has 0 aromatic carbocycles. The lowest BCUT2D eigenvalue weighted by molar-refractivity contribution is -0.0530. The van der Waals surface area contributed by atoms with Crippen molar-refractivity contribution >= 4 is 23.5 Å². The molecule has 1 amide bonds. The summed E-state index contributed by atoms with van der Waals surface area (Å²) in [5.41, 5.74) is 3.00. The number of nitrogens with zero attached hydrogens (tertiary/aromatic N) is 6. The number of aromatic amines is 1. The van der Waals surface area contributed by atoms with Crippen molar-refractivity contribution in [2.24, 2.45) is 5.92 Å². The predicted molar refractivity (Wildman–Crippen MR) is 133 cm³/mol. The fraction of sp³-hybridized carbons (Fsp3) is 0.385. The number of carbonyl (C=O) groups is 1. The van der Waals surface area contributed by atoms with Gasteiger partial charge in [-0.1, -0.05) is 6.07 Å². The zero-order valence-electron chi connectivity index (χ0n) is 20.3. The monoisotopic (exact) mass is 513 g/mol. The average molecular weight is 514 g/mol. The van der Waals surface area contributed by atoms with Gasteiger partial charge in [0.15, 0.2) is 17.2 Å². The number of alkyl carbamates (subject to hydrolysis) is 1. The molecule has 4 heterocycles. The topological polar surface area (TPSA) is 146 Å². The number of anilines is 2. The van der Waals surface area contributed by atoms with E-state index in [1.165, 1.54) is 0 Å². The standard InChI is InChI=1S/C26H24FN9O2/c27-19-4-16(5-21(19)38-25(37)33-26-7-14(8-26)9-26)20-6-22(35-34-20)32-24-30-12-18(15-2-1-3-29-11-15)23-31-17(10-28)13-36(23)24/h1-3,6,11-14,16,19,21H,4-5,7-9H2,(H,33,37)(H2,30,32,34,35)/t14?,16-,19+,21-,26?/m0/s1. The minimum atomic E-state index is -1.24. The molecule has 4 fully saturated rings. The van der Waals surface area contributed by atoms with Crippen molar-refractivity contribution in [3.8, 4) is 17.2 Å². The Hall–Kier alpha value is -4.53. The lowest BCUT2D eigenvalue weighted by atomic mass is 9.50. The number of nitrogens with one attached hydrogen (secondary N) is 3. The van der Waals surface area contributed by atoms with Gasteiger partial charge in [-0.15, -0.1) is 0 Å². The largest absolute Gasteiger partial charge is 0.443 e. The number of carbonyl (C=O) groups excluding carboxylic acids is 1. The number of aromatic nitrogens is 6. The molecule has 0 aliphatic heterocycles. The normalized spacial score (nSPS) is 27.3. The Bertz CT molecular complexity index is 1560.